The Kier molecular flexibility index (Phi) is 2.96. The molecule has 22 heavy (non-hydrogen) atoms. The summed E-state index contributed by atoms with van der Waals surface area (Å²) in [6.07, 6.45) is 6.95. The maximum atomic E-state index is 12.6. The van der Waals surface area contributed by atoms with Gasteiger partial charge in [-0.1, -0.05) is 30.4 Å². The third-order valence-corrected chi connectivity index (χ3v) is 4.30. The van der Waals surface area contributed by atoms with Gasteiger partial charge in [0, 0.05) is 12.0 Å². The molecule has 2 aromatic rings. The first-order chi connectivity index (χ1) is 10.8. The van der Waals surface area contributed by atoms with Gasteiger partial charge in [0.2, 0.25) is 5.90 Å². The summed E-state index contributed by atoms with van der Waals surface area (Å²) in [6, 6.07) is 13.3. The van der Waals surface area contributed by atoms with Gasteiger partial charge in [0.05, 0.1) is 12.2 Å². The summed E-state index contributed by atoms with van der Waals surface area (Å²) in [6.45, 7) is 0. The second-order valence-corrected chi connectivity index (χ2v) is 5.58. The third-order valence-electron chi connectivity index (χ3n) is 4.30. The third kappa shape index (κ3) is 1.91. The number of furan rings is 1. The Bertz CT molecular complexity index is 746. The number of hydrogen-bond donors (Lipinski definition) is 0. The van der Waals surface area contributed by atoms with E-state index >= 15 is 0 Å². The summed E-state index contributed by atoms with van der Waals surface area (Å²) < 4.78 is 11.0. The minimum atomic E-state index is -0.905. The molecule has 4 nitrogen and oxygen atoms in total. The van der Waals surface area contributed by atoms with Crippen molar-refractivity contribution < 1.29 is 13.9 Å². The average molecular weight is 293 g/mol. The van der Waals surface area contributed by atoms with Gasteiger partial charge in [-0.3, -0.25) is 0 Å². The zero-order chi connectivity index (χ0) is 15.0. The number of benzene rings is 1. The van der Waals surface area contributed by atoms with Gasteiger partial charge in [-0.15, -0.1) is 0 Å². The van der Waals surface area contributed by atoms with Crippen LogP contribution in [-0.2, 0) is 9.53 Å². The van der Waals surface area contributed by atoms with Gasteiger partial charge in [-0.25, -0.2) is 9.79 Å². The van der Waals surface area contributed by atoms with Crippen LogP contribution in [-0.4, -0.2) is 17.4 Å². The van der Waals surface area contributed by atoms with Crippen molar-refractivity contribution in [3.8, 4) is 0 Å². The Morgan fingerprint density at radius 2 is 1.95 bits per heavy atom. The number of cyclic esters (lactones) is 1. The van der Waals surface area contributed by atoms with Gasteiger partial charge in [0.15, 0.2) is 5.54 Å². The fourth-order valence-corrected chi connectivity index (χ4v) is 3.15. The summed E-state index contributed by atoms with van der Waals surface area (Å²) in [5.41, 5.74) is -0.0851. The minimum Gasteiger partial charge on any atom is -0.469 e. The van der Waals surface area contributed by atoms with Crippen LogP contribution in [0.5, 0.6) is 0 Å². The molecule has 2 heterocycles. The molecule has 0 fully saturated rings. The largest absolute Gasteiger partial charge is 0.469 e. The van der Waals surface area contributed by atoms with E-state index in [1.54, 1.807) is 6.26 Å². The standard InChI is InChI=1S/C18H15NO3/c20-17-18(19-16(22-17)13-7-2-1-3-8-13)11-5-4-9-14(18)15-10-6-12-21-15/h1-8,10,12,14H,9,11H2/t14-,18+/m1/s1. The van der Waals surface area contributed by atoms with Crippen molar-refractivity contribution in [1.29, 1.82) is 0 Å². The van der Waals surface area contributed by atoms with E-state index in [9.17, 15) is 4.79 Å². The number of rotatable bonds is 2. The second-order valence-electron chi connectivity index (χ2n) is 5.58. The fourth-order valence-electron chi connectivity index (χ4n) is 3.15. The van der Waals surface area contributed by atoms with Gasteiger partial charge < -0.3 is 9.15 Å². The van der Waals surface area contributed by atoms with Gasteiger partial charge in [-0.05, 0) is 30.7 Å². The van der Waals surface area contributed by atoms with E-state index < -0.39 is 5.54 Å². The van der Waals surface area contributed by atoms with Crippen molar-refractivity contribution in [3.05, 3.63) is 72.2 Å². The molecule has 2 aliphatic rings. The highest BCUT2D eigenvalue weighted by atomic mass is 16.6. The molecule has 1 aliphatic carbocycles. The van der Waals surface area contributed by atoms with Crippen LogP contribution in [0.4, 0.5) is 0 Å². The summed E-state index contributed by atoms with van der Waals surface area (Å²) >= 11 is 0. The van der Waals surface area contributed by atoms with Crippen LogP contribution in [0.3, 0.4) is 0 Å². The molecule has 1 aliphatic heterocycles. The van der Waals surface area contributed by atoms with Crippen LogP contribution >= 0.6 is 0 Å². The molecule has 1 spiro atoms. The predicted octanol–water partition coefficient (Wildman–Crippen LogP) is 3.46. The van der Waals surface area contributed by atoms with E-state index in [1.165, 1.54) is 0 Å². The van der Waals surface area contributed by atoms with Gasteiger partial charge >= 0.3 is 5.97 Å². The summed E-state index contributed by atoms with van der Waals surface area (Å²) in [7, 11) is 0. The molecule has 1 aromatic carbocycles. The lowest BCUT2D eigenvalue weighted by molar-refractivity contribution is -0.140. The Balaban J connectivity index is 1.79. The van der Waals surface area contributed by atoms with Crippen molar-refractivity contribution in [2.45, 2.75) is 24.3 Å². The highest BCUT2D eigenvalue weighted by Gasteiger charge is 2.53. The monoisotopic (exact) mass is 293 g/mol. The number of hydrogen-bond acceptors (Lipinski definition) is 4. The van der Waals surface area contributed by atoms with Crippen LogP contribution in [0.2, 0.25) is 0 Å². The Hall–Kier alpha value is -2.62. The van der Waals surface area contributed by atoms with Crippen LogP contribution in [0.25, 0.3) is 0 Å². The molecule has 0 saturated carbocycles. The molecule has 0 unspecified atom stereocenters. The molecule has 4 rings (SSSR count). The quantitative estimate of drug-likeness (QED) is 0.629. The van der Waals surface area contributed by atoms with Crippen LogP contribution in [0, 0.1) is 0 Å². The first-order valence-electron chi connectivity index (χ1n) is 7.35. The van der Waals surface area contributed by atoms with Crippen LogP contribution < -0.4 is 0 Å². The lowest BCUT2D eigenvalue weighted by atomic mass is 9.75. The van der Waals surface area contributed by atoms with Crippen molar-refractivity contribution in [3.63, 3.8) is 0 Å². The van der Waals surface area contributed by atoms with Crippen LogP contribution in [0.1, 0.15) is 30.1 Å². The zero-order valence-corrected chi connectivity index (χ0v) is 11.9. The van der Waals surface area contributed by atoms with E-state index in [0.29, 0.717) is 18.7 Å². The molecule has 1 aromatic heterocycles. The summed E-state index contributed by atoms with van der Waals surface area (Å²) in [5.74, 6) is 0.759. The number of carbonyl (C=O) groups excluding carboxylic acids is 1. The number of ether oxygens (including phenoxy) is 1. The zero-order valence-electron chi connectivity index (χ0n) is 11.9. The molecular weight excluding hydrogens is 278 g/mol. The van der Waals surface area contributed by atoms with E-state index in [0.717, 1.165) is 11.3 Å². The lowest BCUT2D eigenvalue weighted by Crippen LogP contribution is -2.41. The van der Waals surface area contributed by atoms with Gasteiger partial charge in [-0.2, -0.15) is 0 Å². The van der Waals surface area contributed by atoms with Gasteiger partial charge in [0.25, 0.3) is 0 Å². The number of esters is 1. The van der Waals surface area contributed by atoms with Crippen molar-refractivity contribution in [2.75, 3.05) is 0 Å². The number of nitrogens with zero attached hydrogens (tertiary/aromatic N) is 1. The van der Waals surface area contributed by atoms with E-state index in [-0.39, 0.29) is 11.9 Å². The molecule has 0 N–H and O–H groups in total. The van der Waals surface area contributed by atoms with E-state index in [4.69, 9.17) is 14.1 Å². The molecule has 4 heteroatoms. The molecule has 0 radical (unpaired) electrons. The first-order valence-corrected chi connectivity index (χ1v) is 7.35. The topological polar surface area (TPSA) is 51.8 Å². The maximum Gasteiger partial charge on any atom is 0.342 e. The van der Waals surface area contributed by atoms with E-state index in [2.05, 4.69) is 6.08 Å². The first kappa shape index (κ1) is 13.1. The number of aliphatic imine (C=N–C) groups is 1. The fraction of sp³-hybridized carbons (Fsp3) is 0.222. The molecular formula is C18H15NO3. The molecule has 110 valence electrons. The van der Waals surface area contributed by atoms with Crippen molar-refractivity contribution >= 4 is 11.9 Å². The molecule has 0 saturated heterocycles. The molecule has 2 atom stereocenters. The van der Waals surface area contributed by atoms with Crippen LogP contribution in [0.15, 0.2) is 70.3 Å². The summed E-state index contributed by atoms with van der Waals surface area (Å²) in [5, 5.41) is 0. The molecule has 0 bridgehead atoms. The Morgan fingerprint density at radius 3 is 2.73 bits per heavy atom. The molecule has 0 amide bonds. The SMILES string of the molecule is O=C1OC(c2ccccc2)=N[C@]12CC=CC[C@@H]2c1ccco1. The van der Waals surface area contributed by atoms with Crippen molar-refractivity contribution in [2.24, 2.45) is 4.99 Å². The van der Waals surface area contributed by atoms with Gasteiger partial charge in [0.1, 0.15) is 5.76 Å². The maximum absolute atomic E-state index is 12.6. The highest BCUT2D eigenvalue weighted by Crippen LogP contribution is 2.44. The highest BCUT2D eigenvalue weighted by molar-refractivity contribution is 6.08. The summed E-state index contributed by atoms with van der Waals surface area (Å²) in [4.78, 5) is 17.3. The average Bonchev–Trinajstić information content (AvgIpc) is 3.19. The number of allylic oxidation sites excluding steroid dienone is 1. The predicted molar refractivity (Wildman–Crippen MR) is 81.6 cm³/mol. The lowest BCUT2D eigenvalue weighted by Gasteiger charge is -2.31. The second kappa shape index (κ2) is 4.98. The minimum absolute atomic E-state index is 0.124. The van der Waals surface area contributed by atoms with E-state index in [1.807, 2.05) is 48.5 Å². The normalized spacial score (nSPS) is 27.0. The number of carbonyl (C=O) groups is 1. The Labute approximate surface area is 128 Å². The Morgan fingerprint density at radius 1 is 1.09 bits per heavy atom. The van der Waals surface area contributed by atoms with Crippen molar-refractivity contribution in [1.82, 2.24) is 0 Å². The smallest absolute Gasteiger partial charge is 0.342 e.